The minimum atomic E-state index is -0.519. The molecule has 0 unspecified atom stereocenters. The van der Waals surface area contributed by atoms with Crippen molar-refractivity contribution in [3.8, 4) is 0 Å². The minimum absolute atomic E-state index is 0.00707. The second kappa shape index (κ2) is 7.94. The predicted molar refractivity (Wildman–Crippen MR) is 108 cm³/mol. The molecule has 0 fully saturated rings. The van der Waals surface area contributed by atoms with E-state index in [4.69, 9.17) is 9.15 Å². The van der Waals surface area contributed by atoms with Crippen LogP contribution in [0.2, 0.25) is 0 Å². The predicted octanol–water partition coefficient (Wildman–Crippen LogP) is 2.45. The lowest BCUT2D eigenvalue weighted by molar-refractivity contribution is -0.148. The highest BCUT2D eigenvalue weighted by Crippen LogP contribution is 2.23. The van der Waals surface area contributed by atoms with Gasteiger partial charge in [0.2, 0.25) is 0 Å². The average Bonchev–Trinajstić information content (AvgIpc) is 3.36. The number of esters is 1. The summed E-state index contributed by atoms with van der Waals surface area (Å²) in [7, 11) is 0. The quantitative estimate of drug-likeness (QED) is 0.489. The first-order valence-corrected chi connectivity index (χ1v) is 9.51. The number of aromatic nitrogens is 4. The van der Waals surface area contributed by atoms with Gasteiger partial charge in [0.05, 0.1) is 12.5 Å². The van der Waals surface area contributed by atoms with Crippen molar-refractivity contribution in [2.75, 3.05) is 6.61 Å². The van der Waals surface area contributed by atoms with Crippen LogP contribution in [0.5, 0.6) is 0 Å². The molecule has 0 saturated carbocycles. The average molecular weight is 407 g/mol. The Hall–Kier alpha value is -3.75. The third-order valence-electron chi connectivity index (χ3n) is 4.92. The normalized spacial score (nSPS) is 12.2. The Kier molecular flexibility index (Phi) is 5.18. The molecule has 4 rings (SSSR count). The summed E-state index contributed by atoms with van der Waals surface area (Å²) in [5.41, 5.74) is 2.89. The molecule has 0 aliphatic carbocycles. The van der Waals surface area contributed by atoms with Gasteiger partial charge in [-0.2, -0.15) is 10.1 Å². The van der Waals surface area contributed by atoms with Gasteiger partial charge in [-0.15, -0.1) is 0 Å². The zero-order chi connectivity index (χ0) is 21.3. The van der Waals surface area contributed by atoms with Crippen LogP contribution < -0.4 is 5.32 Å². The fraction of sp³-hybridized carbons (Fsp3) is 0.286. The Morgan fingerprint density at radius 2 is 2.07 bits per heavy atom. The smallest absolute Gasteiger partial charge is 0.310 e. The van der Waals surface area contributed by atoms with E-state index >= 15 is 0 Å². The number of para-hydroxylation sites is 1. The Morgan fingerprint density at radius 1 is 1.27 bits per heavy atom. The van der Waals surface area contributed by atoms with E-state index in [1.54, 1.807) is 11.4 Å². The summed E-state index contributed by atoms with van der Waals surface area (Å²) in [6.45, 7) is 5.07. The van der Waals surface area contributed by atoms with Gasteiger partial charge in [-0.1, -0.05) is 18.2 Å². The minimum Gasteiger partial charge on any atom is -0.459 e. The number of carbonyl (C=O) groups is 2. The van der Waals surface area contributed by atoms with Crippen LogP contribution in [0.3, 0.4) is 0 Å². The van der Waals surface area contributed by atoms with Gasteiger partial charge < -0.3 is 14.5 Å². The highest BCUT2D eigenvalue weighted by Gasteiger charge is 2.18. The maximum absolute atomic E-state index is 12.3. The topological polar surface area (TPSA) is 112 Å². The van der Waals surface area contributed by atoms with Crippen LogP contribution in [-0.4, -0.2) is 38.1 Å². The molecule has 30 heavy (non-hydrogen) atoms. The number of fused-ring (bicyclic) bond motifs is 2. The summed E-state index contributed by atoms with van der Waals surface area (Å²) < 4.78 is 12.5. The number of benzene rings is 1. The molecule has 1 N–H and O–H groups in total. The molecule has 1 atom stereocenters. The largest absolute Gasteiger partial charge is 0.459 e. The van der Waals surface area contributed by atoms with Crippen molar-refractivity contribution >= 4 is 28.6 Å². The van der Waals surface area contributed by atoms with E-state index in [-0.39, 0.29) is 19.1 Å². The molecule has 0 saturated heterocycles. The van der Waals surface area contributed by atoms with Crippen molar-refractivity contribution in [2.45, 2.75) is 33.2 Å². The number of carbonyl (C=O) groups excluding carboxylic acids is 2. The Bertz CT molecular complexity index is 1210. The number of hydrogen-bond donors (Lipinski definition) is 1. The summed E-state index contributed by atoms with van der Waals surface area (Å²) in [5.74, 6) is 0.180. The standard InChI is InChI=1S/C21H21N5O4/c1-12-16(14(3)26-21(25-12)22-11-23-26)9-20(28)29-10-19(27)24-13(2)18-8-15-6-4-5-7-17(15)30-18/h4-8,11,13H,9-10H2,1-3H3,(H,24,27)/t13-/m0/s1. The molecule has 0 aliphatic rings. The molecular weight excluding hydrogens is 386 g/mol. The van der Waals surface area contributed by atoms with Crippen molar-refractivity contribution in [1.29, 1.82) is 0 Å². The number of ether oxygens (including phenoxy) is 1. The number of aryl methyl sites for hydroxylation is 2. The molecule has 3 aromatic heterocycles. The van der Waals surface area contributed by atoms with E-state index in [9.17, 15) is 9.59 Å². The van der Waals surface area contributed by atoms with Gasteiger partial charge in [0.1, 0.15) is 17.7 Å². The van der Waals surface area contributed by atoms with Crippen molar-refractivity contribution in [2.24, 2.45) is 0 Å². The van der Waals surface area contributed by atoms with Crippen LogP contribution in [-0.2, 0) is 20.7 Å². The highest BCUT2D eigenvalue weighted by molar-refractivity contribution is 5.82. The molecule has 4 aromatic rings. The Morgan fingerprint density at radius 3 is 2.87 bits per heavy atom. The zero-order valence-electron chi connectivity index (χ0n) is 16.9. The van der Waals surface area contributed by atoms with Crippen molar-refractivity contribution in [3.05, 3.63) is 59.4 Å². The van der Waals surface area contributed by atoms with Crippen molar-refractivity contribution < 1.29 is 18.7 Å². The molecular formula is C21H21N5O4. The number of amides is 1. The molecule has 0 spiro atoms. The maximum atomic E-state index is 12.3. The zero-order valence-corrected chi connectivity index (χ0v) is 16.9. The van der Waals surface area contributed by atoms with E-state index in [1.807, 2.05) is 44.2 Å². The molecule has 0 bridgehead atoms. The Balaban J connectivity index is 1.34. The fourth-order valence-corrected chi connectivity index (χ4v) is 3.32. The fourth-order valence-electron chi connectivity index (χ4n) is 3.32. The molecule has 9 nitrogen and oxygen atoms in total. The number of hydrogen-bond acceptors (Lipinski definition) is 7. The van der Waals surface area contributed by atoms with Gasteiger partial charge in [0, 0.05) is 22.3 Å². The molecule has 3 heterocycles. The van der Waals surface area contributed by atoms with E-state index in [1.165, 1.54) is 6.33 Å². The van der Waals surface area contributed by atoms with Crippen LogP contribution >= 0.6 is 0 Å². The lowest BCUT2D eigenvalue weighted by Crippen LogP contribution is -2.31. The maximum Gasteiger partial charge on any atom is 0.310 e. The summed E-state index contributed by atoms with van der Waals surface area (Å²) in [4.78, 5) is 32.9. The molecule has 0 radical (unpaired) electrons. The first-order valence-electron chi connectivity index (χ1n) is 9.51. The van der Waals surface area contributed by atoms with Gasteiger partial charge >= 0.3 is 5.97 Å². The van der Waals surface area contributed by atoms with E-state index in [2.05, 4.69) is 20.4 Å². The van der Waals surface area contributed by atoms with Crippen LogP contribution in [0.1, 0.15) is 35.7 Å². The molecule has 1 aromatic carbocycles. The van der Waals surface area contributed by atoms with E-state index < -0.39 is 11.9 Å². The van der Waals surface area contributed by atoms with Gasteiger partial charge in [0.15, 0.2) is 6.61 Å². The number of furan rings is 1. The molecule has 9 heteroatoms. The number of rotatable bonds is 6. The van der Waals surface area contributed by atoms with Crippen molar-refractivity contribution in [1.82, 2.24) is 24.9 Å². The van der Waals surface area contributed by atoms with Gasteiger partial charge in [-0.3, -0.25) is 9.59 Å². The number of nitrogens with zero attached hydrogens (tertiary/aromatic N) is 4. The summed E-state index contributed by atoms with van der Waals surface area (Å²) in [5, 5.41) is 7.83. The summed E-state index contributed by atoms with van der Waals surface area (Å²) >= 11 is 0. The first kappa shape index (κ1) is 19.6. The van der Waals surface area contributed by atoms with Crippen LogP contribution in [0.25, 0.3) is 16.7 Å². The Labute approximate surface area is 172 Å². The summed E-state index contributed by atoms with van der Waals surface area (Å²) in [6.07, 6.45) is 1.40. The van der Waals surface area contributed by atoms with E-state index in [0.717, 1.165) is 16.7 Å². The van der Waals surface area contributed by atoms with Gasteiger partial charge in [-0.05, 0) is 32.9 Å². The van der Waals surface area contributed by atoms with Gasteiger partial charge in [0.25, 0.3) is 11.7 Å². The van der Waals surface area contributed by atoms with Crippen LogP contribution in [0.4, 0.5) is 0 Å². The second-order valence-electron chi connectivity index (χ2n) is 7.05. The molecule has 0 aliphatic heterocycles. The molecule has 154 valence electrons. The first-order chi connectivity index (χ1) is 14.4. The highest BCUT2D eigenvalue weighted by atomic mass is 16.5. The lowest BCUT2D eigenvalue weighted by atomic mass is 10.1. The summed E-state index contributed by atoms with van der Waals surface area (Å²) in [6, 6.07) is 9.14. The van der Waals surface area contributed by atoms with Gasteiger partial charge in [-0.25, -0.2) is 9.50 Å². The van der Waals surface area contributed by atoms with Crippen molar-refractivity contribution in [3.63, 3.8) is 0 Å². The molecule has 1 amide bonds. The third-order valence-corrected chi connectivity index (χ3v) is 4.92. The monoisotopic (exact) mass is 407 g/mol. The van der Waals surface area contributed by atoms with E-state index in [0.29, 0.717) is 22.8 Å². The SMILES string of the molecule is Cc1nc2ncnn2c(C)c1CC(=O)OCC(=O)N[C@@H](C)c1cc2ccccc2o1. The van der Waals surface area contributed by atoms with Crippen LogP contribution in [0, 0.1) is 13.8 Å². The lowest BCUT2D eigenvalue weighted by Gasteiger charge is -2.12. The third kappa shape index (κ3) is 3.86. The van der Waals surface area contributed by atoms with Crippen LogP contribution in [0.15, 0.2) is 41.1 Å². The second-order valence-corrected chi connectivity index (χ2v) is 7.05. The number of nitrogens with one attached hydrogen (secondary N) is 1.